The second kappa shape index (κ2) is 3.54. The SMILES string of the molecule is CN1C(=O)NC(=O)C(C(=O)CN)C1=O. The first-order valence-electron chi connectivity index (χ1n) is 3.84. The summed E-state index contributed by atoms with van der Waals surface area (Å²) in [6, 6.07) is -0.832. The lowest BCUT2D eigenvalue weighted by molar-refractivity contribution is -0.146. The molecule has 1 fully saturated rings. The fourth-order valence-corrected chi connectivity index (χ4v) is 1.07. The number of amides is 4. The van der Waals surface area contributed by atoms with E-state index in [1.807, 2.05) is 5.32 Å². The molecule has 1 unspecified atom stereocenters. The van der Waals surface area contributed by atoms with Crippen molar-refractivity contribution in [1.29, 1.82) is 0 Å². The summed E-state index contributed by atoms with van der Waals surface area (Å²) in [6.45, 7) is -0.411. The zero-order valence-electron chi connectivity index (χ0n) is 7.44. The summed E-state index contributed by atoms with van der Waals surface area (Å²) in [7, 11) is 1.18. The van der Waals surface area contributed by atoms with Gasteiger partial charge in [-0.15, -0.1) is 0 Å². The van der Waals surface area contributed by atoms with E-state index in [2.05, 4.69) is 0 Å². The van der Waals surface area contributed by atoms with Gasteiger partial charge in [0.2, 0.25) is 5.91 Å². The number of Topliss-reactive ketones (excluding diaryl/α,β-unsaturated/α-hetero) is 1. The van der Waals surface area contributed by atoms with Crippen LogP contribution in [-0.2, 0) is 14.4 Å². The molecule has 1 saturated heterocycles. The smallest absolute Gasteiger partial charge is 0.324 e. The minimum Gasteiger partial charge on any atom is -0.324 e. The zero-order chi connectivity index (χ0) is 10.9. The molecule has 0 aromatic carbocycles. The fourth-order valence-electron chi connectivity index (χ4n) is 1.07. The van der Waals surface area contributed by atoms with Crippen LogP contribution in [0.2, 0.25) is 0 Å². The molecule has 0 aliphatic carbocycles. The predicted molar refractivity (Wildman–Crippen MR) is 43.9 cm³/mol. The highest BCUT2D eigenvalue weighted by Crippen LogP contribution is 2.09. The monoisotopic (exact) mass is 199 g/mol. The van der Waals surface area contributed by atoms with Crippen LogP contribution in [0, 0.1) is 5.92 Å². The number of hydrogen-bond donors (Lipinski definition) is 2. The summed E-state index contributed by atoms with van der Waals surface area (Å²) < 4.78 is 0. The van der Waals surface area contributed by atoms with Gasteiger partial charge in [-0.1, -0.05) is 0 Å². The van der Waals surface area contributed by atoms with Crippen molar-refractivity contribution in [2.45, 2.75) is 0 Å². The topological polar surface area (TPSA) is 110 Å². The number of nitrogens with one attached hydrogen (secondary N) is 1. The summed E-state index contributed by atoms with van der Waals surface area (Å²) in [4.78, 5) is 45.1. The molecule has 0 spiro atoms. The Morgan fingerprint density at radius 2 is 2.07 bits per heavy atom. The number of urea groups is 1. The minimum absolute atomic E-state index is 0.411. The molecular weight excluding hydrogens is 190 g/mol. The number of ketones is 1. The first kappa shape index (κ1) is 10.3. The van der Waals surface area contributed by atoms with E-state index in [0.29, 0.717) is 4.90 Å². The maximum absolute atomic E-state index is 11.3. The van der Waals surface area contributed by atoms with Gasteiger partial charge in [-0.25, -0.2) is 4.79 Å². The molecule has 4 amide bonds. The van der Waals surface area contributed by atoms with Crippen molar-refractivity contribution in [3.63, 3.8) is 0 Å². The molecule has 14 heavy (non-hydrogen) atoms. The Morgan fingerprint density at radius 3 is 2.57 bits per heavy atom. The van der Waals surface area contributed by atoms with Crippen LogP contribution in [0.4, 0.5) is 4.79 Å². The summed E-state index contributed by atoms with van der Waals surface area (Å²) >= 11 is 0. The molecule has 3 N–H and O–H groups in total. The molecule has 1 rings (SSSR count). The van der Waals surface area contributed by atoms with E-state index in [1.165, 1.54) is 7.05 Å². The van der Waals surface area contributed by atoms with Gasteiger partial charge in [-0.3, -0.25) is 24.6 Å². The average Bonchev–Trinajstić information content (AvgIpc) is 2.14. The Balaban J connectivity index is 2.96. The van der Waals surface area contributed by atoms with Crippen LogP contribution in [0.1, 0.15) is 0 Å². The average molecular weight is 199 g/mol. The molecule has 76 valence electrons. The van der Waals surface area contributed by atoms with Crippen LogP contribution in [-0.4, -0.2) is 42.1 Å². The Hall–Kier alpha value is -1.76. The third-order valence-corrected chi connectivity index (χ3v) is 1.90. The Kier molecular flexibility index (Phi) is 2.61. The predicted octanol–water partition coefficient (Wildman–Crippen LogP) is -2.16. The normalized spacial score (nSPS) is 22.3. The van der Waals surface area contributed by atoms with Crippen LogP contribution in [0.25, 0.3) is 0 Å². The first-order chi connectivity index (χ1) is 6.49. The summed E-state index contributed by atoms with van der Waals surface area (Å²) in [6.07, 6.45) is 0. The van der Waals surface area contributed by atoms with Crippen molar-refractivity contribution in [2.75, 3.05) is 13.6 Å². The van der Waals surface area contributed by atoms with Gasteiger partial charge in [0, 0.05) is 7.05 Å². The van der Waals surface area contributed by atoms with E-state index in [9.17, 15) is 19.2 Å². The zero-order valence-corrected chi connectivity index (χ0v) is 7.44. The highest BCUT2D eigenvalue weighted by molar-refractivity contribution is 6.26. The fraction of sp³-hybridized carbons (Fsp3) is 0.429. The lowest BCUT2D eigenvalue weighted by Gasteiger charge is -2.25. The third-order valence-electron chi connectivity index (χ3n) is 1.90. The van der Waals surface area contributed by atoms with E-state index in [4.69, 9.17) is 5.73 Å². The molecule has 1 aliphatic heterocycles. The van der Waals surface area contributed by atoms with Crippen molar-refractivity contribution >= 4 is 23.6 Å². The lowest BCUT2D eigenvalue weighted by Crippen LogP contribution is -2.59. The number of hydrogen-bond acceptors (Lipinski definition) is 5. The Morgan fingerprint density at radius 1 is 1.50 bits per heavy atom. The minimum atomic E-state index is -1.48. The number of imide groups is 2. The standard InChI is InChI=1S/C7H9N3O4/c1-10-6(13)4(3(11)2-8)5(12)9-7(10)14/h4H,2,8H2,1H3,(H,9,12,14). The highest BCUT2D eigenvalue weighted by atomic mass is 16.2. The van der Waals surface area contributed by atoms with Crippen LogP contribution < -0.4 is 11.1 Å². The van der Waals surface area contributed by atoms with E-state index >= 15 is 0 Å². The van der Waals surface area contributed by atoms with Crippen molar-refractivity contribution < 1.29 is 19.2 Å². The molecule has 0 saturated carbocycles. The van der Waals surface area contributed by atoms with Crippen LogP contribution in [0.3, 0.4) is 0 Å². The molecule has 0 radical (unpaired) electrons. The third kappa shape index (κ3) is 1.49. The highest BCUT2D eigenvalue weighted by Gasteiger charge is 2.42. The molecule has 7 nitrogen and oxygen atoms in total. The molecule has 1 heterocycles. The van der Waals surface area contributed by atoms with Crippen molar-refractivity contribution in [3.05, 3.63) is 0 Å². The summed E-state index contributed by atoms with van der Waals surface area (Å²) in [5, 5.41) is 1.88. The molecule has 0 aromatic heterocycles. The number of carbonyl (C=O) groups excluding carboxylic acids is 4. The Labute approximate surface area is 79.2 Å². The number of nitrogens with zero attached hydrogens (tertiary/aromatic N) is 1. The van der Waals surface area contributed by atoms with Crippen LogP contribution in [0.5, 0.6) is 0 Å². The van der Waals surface area contributed by atoms with Gasteiger partial charge in [0.25, 0.3) is 5.91 Å². The first-order valence-corrected chi connectivity index (χ1v) is 3.84. The molecule has 0 aromatic rings. The van der Waals surface area contributed by atoms with Gasteiger partial charge >= 0.3 is 6.03 Å². The van der Waals surface area contributed by atoms with Gasteiger partial charge in [0.05, 0.1) is 6.54 Å². The maximum Gasteiger partial charge on any atom is 0.330 e. The molecule has 1 atom stereocenters. The van der Waals surface area contributed by atoms with E-state index in [1.54, 1.807) is 0 Å². The molecule has 7 heteroatoms. The van der Waals surface area contributed by atoms with Gasteiger partial charge in [0.1, 0.15) is 0 Å². The van der Waals surface area contributed by atoms with Crippen molar-refractivity contribution in [1.82, 2.24) is 10.2 Å². The van der Waals surface area contributed by atoms with E-state index in [0.717, 1.165) is 0 Å². The van der Waals surface area contributed by atoms with Crippen molar-refractivity contribution in [3.8, 4) is 0 Å². The maximum atomic E-state index is 11.3. The molecule has 0 bridgehead atoms. The van der Waals surface area contributed by atoms with Crippen molar-refractivity contribution in [2.24, 2.45) is 11.7 Å². The number of carbonyl (C=O) groups is 4. The quantitative estimate of drug-likeness (QED) is 0.492. The lowest BCUT2D eigenvalue weighted by atomic mass is 10.00. The van der Waals surface area contributed by atoms with Gasteiger partial charge < -0.3 is 5.73 Å². The second-order valence-corrected chi connectivity index (χ2v) is 2.80. The Bertz CT molecular complexity index is 325. The largest absolute Gasteiger partial charge is 0.330 e. The second-order valence-electron chi connectivity index (χ2n) is 2.80. The molecular formula is C7H9N3O4. The number of nitrogens with two attached hydrogens (primary N) is 1. The molecule has 1 aliphatic rings. The summed E-state index contributed by atoms with van der Waals surface area (Å²) in [5.41, 5.74) is 5.02. The van der Waals surface area contributed by atoms with Gasteiger partial charge in [-0.05, 0) is 0 Å². The van der Waals surface area contributed by atoms with Crippen LogP contribution >= 0.6 is 0 Å². The van der Waals surface area contributed by atoms with E-state index in [-0.39, 0.29) is 0 Å². The number of barbiturate groups is 1. The number of rotatable bonds is 2. The van der Waals surface area contributed by atoms with E-state index < -0.39 is 36.1 Å². The van der Waals surface area contributed by atoms with Crippen LogP contribution in [0.15, 0.2) is 0 Å². The summed E-state index contributed by atoms with van der Waals surface area (Å²) in [5.74, 6) is -3.93. The van der Waals surface area contributed by atoms with Gasteiger partial charge in [-0.2, -0.15) is 0 Å². The van der Waals surface area contributed by atoms with Gasteiger partial charge in [0.15, 0.2) is 11.7 Å².